The summed E-state index contributed by atoms with van der Waals surface area (Å²) in [6.07, 6.45) is -2.61. The Morgan fingerprint density at radius 1 is 0.606 bits per heavy atom. The molecule has 5 rings (SSSR count). The Morgan fingerprint density at radius 2 is 1.02 bits per heavy atom. The van der Waals surface area contributed by atoms with E-state index in [0.717, 1.165) is 6.54 Å². The second kappa shape index (κ2) is 25.6. The summed E-state index contributed by atoms with van der Waals surface area (Å²) in [7, 11) is 3.73. The third kappa shape index (κ3) is 15.4. The summed E-state index contributed by atoms with van der Waals surface area (Å²) in [6, 6.07) is 0. The van der Waals surface area contributed by atoms with Crippen LogP contribution in [-0.2, 0) is 60.0 Å². The van der Waals surface area contributed by atoms with Crippen LogP contribution in [0.3, 0.4) is 0 Å². The molecule has 0 aromatic heterocycles. The lowest BCUT2D eigenvalue weighted by Crippen LogP contribution is -2.50. The first-order valence-corrected chi connectivity index (χ1v) is 30.7. The van der Waals surface area contributed by atoms with E-state index in [9.17, 15) is 23.1 Å². The summed E-state index contributed by atoms with van der Waals surface area (Å²) in [5, 5.41) is 12.3. The van der Waals surface area contributed by atoms with Gasteiger partial charge in [-0.15, -0.1) is 27.7 Å². The molecule has 0 spiro atoms. The maximum atomic E-state index is 14.8. The number of amides is 1. The van der Waals surface area contributed by atoms with Gasteiger partial charge in [-0.3, -0.25) is 18.3 Å². The van der Waals surface area contributed by atoms with Crippen LogP contribution in [0.25, 0.3) is 0 Å². The number of aliphatic hydroxyl groups is 1. The number of carbonyl (C=O) groups excluding carboxylic acids is 1. The van der Waals surface area contributed by atoms with Crippen LogP contribution >= 0.6 is 58.2 Å². The molecule has 5 saturated heterocycles. The molecule has 5 aliphatic heterocycles. The Morgan fingerprint density at radius 3 is 1.45 bits per heavy atom. The first-order chi connectivity index (χ1) is 31.0. The van der Waals surface area contributed by atoms with Gasteiger partial charge in [0, 0.05) is 85.2 Å². The van der Waals surface area contributed by atoms with Crippen LogP contribution in [0.1, 0.15) is 6.92 Å². The van der Waals surface area contributed by atoms with E-state index in [1.54, 1.807) is 70.3 Å². The minimum Gasteiger partial charge on any atom is -0.447 e. The van der Waals surface area contributed by atoms with Crippen molar-refractivity contribution in [2.24, 2.45) is 0 Å². The van der Waals surface area contributed by atoms with E-state index >= 15 is 0 Å². The molecule has 0 aromatic rings. The molecule has 5 fully saturated rings. The van der Waals surface area contributed by atoms with Crippen molar-refractivity contribution in [1.29, 1.82) is 0 Å². The number of rotatable bonds is 21. The topological polar surface area (TPSA) is 227 Å². The van der Waals surface area contributed by atoms with E-state index < -0.39 is 72.5 Å². The number of aliphatic hydroxyl groups excluding tert-OH is 1. The number of hydrogen-bond acceptors (Lipinski definition) is 16. The van der Waals surface area contributed by atoms with Gasteiger partial charge >= 0.3 is 29.1 Å². The van der Waals surface area contributed by atoms with Gasteiger partial charge in [-0.25, -0.2) is 37.5 Å². The number of nitrogens with zero attached hydrogens (tertiary/aromatic N) is 8. The Balaban J connectivity index is 1.15. The molecule has 2 N–H and O–H groups in total. The third-order valence-corrected chi connectivity index (χ3v) is 22.2. The van der Waals surface area contributed by atoms with Crippen molar-refractivity contribution in [2.75, 3.05) is 167 Å². The molecule has 1 amide bonds. The van der Waals surface area contributed by atoms with Crippen LogP contribution in [0, 0.1) is 0 Å². The first-order valence-electron chi connectivity index (χ1n) is 22.1. The first kappa shape index (κ1) is 57.7. The van der Waals surface area contributed by atoms with Crippen LogP contribution in [0.5, 0.6) is 0 Å². The monoisotopic (exact) mass is 1080 g/mol. The van der Waals surface area contributed by atoms with Crippen LogP contribution in [0.2, 0.25) is 0 Å². The number of piperazine rings is 1. The minimum atomic E-state index is -3.70. The van der Waals surface area contributed by atoms with Gasteiger partial charge < -0.3 is 57.1 Å². The molecule has 0 radical (unpaired) electrons. The van der Waals surface area contributed by atoms with Crippen LogP contribution in [-0.4, -0.2) is 264 Å². The highest BCUT2D eigenvalue weighted by Crippen LogP contribution is 2.57. The Labute approximate surface area is 398 Å². The summed E-state index contributed by atoms with van der Waals surface area (Å²) < 4.78 is 124. The van der Waals surface area contributed by atoms with Crippen molar-refractivity contribution < 1.29 is 69.9 Å². The normalized spacial score (nSPS) is 33.0. The largest absolute Gasteiger partial charge is 0.447 e. The van der Waals surface area contributed by atoms with Gasteiger partial charge in [0.1, 0.15) is 6.61 Å². The van der Waals surface area contributed by atoms with E-state index in [1.807, 2.05) is 6.92 Å². The van der Waals surface area contributed by atoms with Crippen molar-refractivity contribution in [1.82, 2.24) is 42.9 Å². The number of carbonyl (C=O) groups is 1. The highest BCUT2D eigenvalue weighted by Gasteiger charge is 2.46. The van der Waals surface area contributed by atoms with Crippen LogP contribution in [0.15, 0.2) is 0 Å². The van der Waals surface area contributed by atoms with Gasteiger partial charge in [0.15, 0.2) is 0 Å². The molecule has 0 saturated carbocycles. The second-order valence-corrected chi connectivity index (χ2v) is 30.0. The molecule has 0 aromatic carbocycles. The van der Waals surface area contributed by atoms with Crippen molar-refractivity contribution in [3.63, 3.8) is 0 Å². The third-order valence-electron chi connectivity index (χ3n) is 11.5. The quantitative estimate of drug-likeness (QED) is 0.156. The van der Waals surface area contributed by atoms with Gasteiger partial charge in [0.05, 0.1) is 81.1 Å². The van der Waals surface area contributed by atoms with E-state index in [2.05, 4.69) is 33.0 Å². The zero-order valence-corrected chi connectivity index (χ0v) is 46.6. The SMILES string of the molecule is CC1CNCC(COP(=O)(N(C)C)N2CC(P)OC(COP(=O)(N(C)C)N3CC(P)OC(COP(C)(=O)N4CC(P)OC(COP(=O)(N(C)C)N5CCN(C(=O)OCCO)CC5)C4)C3)C2)O1. The van der Waals surface area contributed by atoms with E-state index in [-0.39, 0.29) is 111 Å². The Kier molecular flexibility index (Phi) is 22.4. The molecule has 0 bridgehead atoms. The van der Waals surface area contributed by atoms with Gasteiger partial charge in [-0.2, -0.15) is 0 Å². The maximum absolute atomic E-state index is 14.8. The molecule has 15 atom stereocenters. The zero-order chi connectivity index (χ0) is 48.6. The Hall–Kier alpha value is 0.800. The molecule has 386 valence electrons. The van der Waals surface area contributed by atoms with Gasteiger partial charge in [0.2, 0.25) is 0 Å². The Bertz CT molecular complexity index is 1760. The predicted molar refractivity (Wildman–Crippen MR) is 260 cm³/mol. The predicted octanol–water partition coefficient (Wildman–Crippen LogP) is 1.71. The summed E-state index contributed by atoms with van der Waals surface area (Å²) in [4.78, 5) is 13.8. The fraction of sp³-hybridized carbons (Fsp3) is 0.971. The van der Waals surface area contributed by atoms with Crippen molar-refractivity contribution in [3.05, 3.63) is 0 Å². The maximum Gasteiger partial charge on any atom is 0.409 e. The van der Waals surface area contributed by atoms with Crippen LogP contribution < -0.4 is 5.32 Å². The summed E-state index contributed by atoms with van der Waals surface area (Å²) in [5.74, 6) is -1.29. The second-order valence-electron chi connectivity index (χ2n) is 17.5. The summed E-state index contributed by atoms with van der Waals surface area (Å²) in [6.45, 7) is 6.88. The molecule has 15 unspecified atom stereocenters. The number of morpholine rings is 4. The fourth-order valence-corrected chi connectivity index (χ4v) is 17.5. The molecule has 5 aliphatic rings. The molecule has 31 heteroatoms. The fourth-order valence-electron chi connectivity index (χ4n) is 8.06. The lowest BCUT2D eigenvalue weighted by molar-refractivity contribution is -0.0658. The van der Waals surface area contributed by atoms with Gasteiger partial charge in [-0.05, 0) is 49.2 Å². The van der Waals surface area contributed by atoms with E-state index in [4.69, 9.17) is 46.9 Å². The van der Waals surface area contributed by atoms with E-state index in [0.29, 0.717) is 13.1 Å². The summed E-state index contributed by atoms with van der Waals surface area (Å²) in [5.41, 5.74) is 0. The smallest absolute Gasteiger partial charge is 0.409 e. The molecular formula is C35H76N9O15P7. The highest BCUT2D eigenvalue weighted by molar-refractivity contribution is 7.55. The van der Waals surface area contributed by atoms with Gasteiger partial charge in [0.25, 0.3) is 7.52 Å². The molecule has 66 heavy (non-hydrogen) atoms. The lowest BCUT2D eigenvalue weighted by atomic mass is 10.3. The average Bonchev–Trinajstić information content (AvgIpc) is 3.27. The summed E-state index contributed by atoms with van der Waals surface area (Å²) >= 11 is 0. The molecule has 5 heterocycles. The van der Waals surface area contributed by atoms with Crippen molar-refractivity contribution >= 4 is 64.3 Å². The molecular weight excluding hydrogens is 1000 g/mol. The number of hydrogen-bond donors (Lipinski definition) is 2. The lowest BCUT2D eigenvalue weighted by Gasteiger charge is -2.44. The van der Waals surface area contributed by atoms with Crippen molar-refractivity contribution in [3.8, 4) is 0 Å². The average molecular weight is 1080 g/mol. The number of nitrogens with one attached hydrogen (secondary N) is 1. The van der Waals surface area contributed by atoms with E-state index in [1.165, 1.54) is 16.2 Å². The van der Waals surface area contributed by atoms with Crippen molar-refractivity contribution in [2.45, 2.75) is 55.0 Å². The minimum absolute atomic E-state index is 0.0166. The van der Waals surface area contributed by atoms with Crippen LogP contribution in [0.4, 0.5) is 4.79 Å². The molecule has 0 aliphatic carbocycles. The molecule has 24 nitrogen and oxygen atoms in total. The zero-order valence-electron chi connectivity index (χ0n) is 39.6. The van der Waals surface area contributed by atoms with Gasteiger partial charge in [-0.1, -0.05) is 0 Å². The highest BCUT2D eigenvalue weighted by atomic mass is 31.2. The standard InChI is InChI=1S/C35H76N9O15P7/c1-27-15-36-16-28(56-27)23-53-65(49,38(4)5)44-19-31(59-34(62)22-44)26-55-66(50,39(6)7)43-18-30(58-33(61)21-43)24-52-63(8,47)42-17-29(57-32(60)20-42)25-54-64(48,37(2)3)41-11-9-40(10-12-41)35(46)51-14-13-45/h27-34,36,45H,9-26,60-62H2,1-8H3. The number of ether oxygens (including phenoxy) is 5.